The minimum atomic E-state index is -0.718. The summed E-state index contributed by atoms with van der Waals surface area (Å²) in [4.78, 5) is 2.16. The van der Waals surface area contributed by atoms with Crippen LogP contribution in [0.15, 0.2) is 12.1 Å². The molecule has 18 heavy (non-hydrogen) atoms. The van der Waals surface area contributed by atoms with Crippen molar-refractivity contribution in [3.8, 4) is 0 Å². The second kappa shape index (κ2) is 4.72. The average molecular weight is 255 g/mol. The molecule has 0 radical (unpaired) electrons. The van der Waals surface area contributed by atoms with E-state index in [4.69, 9.17) is 5.73 Å². The third-order valence-electron chi connectivity index (χ3n) is 3.94. The van der Waals surface area contributed by atoms with E-state index in [1.54, 1.807) is 0 Å². The number of nitrogen functional groups attached to an aromatic ring is 1. The molecule has 3 nitrogen and oxygen atoms in total. The van der Waals surface area contributed by atoms with Gasteiger partial charge in [-0.15, -0.1) is 0 Å². The summed E-state index contributed by atoms with van der Waals surface area (Å²) in [6.45, 7) is 0.646. The molecule has 0 bridgehead atoms. The number of nitrogens with two attached hydrogens (primary N) is 1. The summed E-state index contributed by atoms with van der Waals surface area (Å²) in [5, 5.41) is 3.07. The van der Waals surface area contributed by atoms with Crippen LogP contribution in [0.4, 0.5) is 20.2 Å². The fourth-order valence-corrected chi connectivity index (χ4v) is 2.36. The Morgan fingerprint density at radius 3 is 2.50 bits per heavy atom. The molecule has 0 heterocycles. The largest absolute Gasteiger partial charge is 0.395 e. The quantitative estimate of drug-likeness (QED) is 0.812. The molecule has 1 aromatic carbocycles. The van der Waals surface area contributed by atoms with Crippen molar-refractivity contribution in [1.29, 1.82) is 0 Å². The van der Waals surface area contributed by atoms with Gasteiger partial charge in [-0.25, -0.2) is 8.78 Å². The van der Waals surface area contributed by atoms with Crippen LogP contribution in [0.2, 0.25) is 0 Å². The highest BCUT2D eigenvalue weighted by molar-refractivity contribution is 5.66. The third kappa shape index (κ3) is 2.27. The van der Waals surface area contributed by atoms with Gasteiger partial charge in [0.2, 0.25) is 0 Å². The smallest absolute Gasteiger partial charge is 0.151 e. The SMILES string of the molecule is CN(C)C1(CNc2cc(F)cc(F)c2N)CCC1. The van der Waals surface area contributed by atoms with Gasteiger partial charge in [-0.3, -0.25) is 0 Å². The van der Waals surface area contributed by atoms with Gasteiger partial charge in [-0.1, -0.05) is 0 Å². The second-order valence-corrected chi connectivity index (χ2v) is 5.17. The predicted molar refractivity (Wildman–Crippen MR) is 69.5 cm³/mol. The van der Waals surface area contributed by atoms with E-state index in [2.05, 4.69) is 10.2 Å². The third-order valence-corrected chi connectivity index (χ3v) is 3.94. The number of rotatable bonds is 4. The van der Waals surface area contributed by atoms with E-state index < -0.39 is 11.6 Å². The van der Waals surface area contributed by atoms with Crippen molar-refractivity contribution >= 4 is 11.4 Å². The van der Waals surface area contributed by atoms with Crippen LogP contribution in [0.25, 0.3) is 0 Å². The molecule has 0 amide bonds. The molecule has 100 valence electrons. The summed E-state index contributed by atoms with van der Waals surface area (Å²) in [5.74, 6) is -1.33. The molecule has 1 fully saturated rings. The van der Waals surface area contributed by atoms with E-state index in [0.29, 0.717) is 12.2 Å². The predicted octanol–water partition coefficient (Wildman–Crippen LogP) is 2.44. The Hall–Kier alpha value is -1.36. The Bertz CT molecular complexity index is 442. The molecule has 1 saturated carbocycles. The molecule has 0 atom stereocenters. The van der Waals surface area contributed by atoms with Crippen molar-refractivity contribution in [1.82, 2.24) is 4.90 Å². The van der Waals surface area contributed by atoms with E-state index in [-0.39, 0.29) is 11.2 Å². The number of hydrogen-bond donors (Lipinski definition) is 2. The van der Waals surface area contributed by atoms with Crippen molar-refractivity contribution in [3.05, 3.63) is 23.8 Å². The molecule has 1 aromatic rings. The average Bonchev–Trinajstić information content (AvgIpc) is 2.22. The molecule has 0 spiro atoms. The summed E-state index contributed by atoms with van der Waals surface area (Å²) >= 11 is 0. The number of halogens is 2. The van der Waals surface area contributed by atoms with Crippen LogP contribution >= 0.6 is 0 Å². The lowest BCUT2D eigenvalue weighted by molar-refractivity contribution is 0.0739. The number of anilines is 2. The van der Waals surface area contributed by atoms with E-state index in [0.717, 1.165) is 18.9 Å². The molecular weight excluding hydrogens is 236 g/mol. The van der Waals surface area contributed by atoms with E-state index >= 15 is 0 Å². The minimum absolute atomic E-state index is 0.0235. The van der Waals surface area contributed by atoms with Crippen LogP contribution in [0.5, 0.6) is 0 Å². The van der Waals surface area contributed by atoms with Crippen molar-refractivity contribution in [2.75, 3.05) is 31.7 Å². The van der Waals surface area contributed by atoms with Crippen molar-refractivity contribution in [2.24, 2.45) is 0 Å². The Morgan fingerprint density at radius 1 is 1.33 bits per heavy atom. The fraction of sp³-hybridized carbons (Fsp3) is 0.538. The van der Waals surface area contributed by atoms with Crippen molar-refractivity contribution < 1.29 is 8.78 Å². The van der Waals surface area contributed by atoms with Crippen LogP contribution in [0, 0.1) is 11.6 Å². The first kappa shape index (κ1) is 13.1. The summed E-state index contributed by atoms with van der Waals surface area (Å²) in [6, 6.07) is 2.03. The zero-order valence-corrected chi connectivity index (χ0v) is 10.8. The Balaban J connectivity index is 2.11. The van der Waals surface area contributed by atoms with Crippen LogP contribution in [0.1, 0.15) is 19.3 Å². The van der Waals surface area contributed by atoms with Gasteiger partial charge >= 0.3 is 0 Å². The van der Waals surface area contributed by atoms with Gasteiger partial charge in [0, 0.05) is 18.2 Å². The zero-order chi connectivity index (χ0) is 13.3. The number of hydrogen-bond acceptors (Lipinski definition) is 3. The van der Waals surface area contributed by atoms with Crippen LogP contribution < -0.4 is 11.1 Å². The van der Waals surface area contributed by atoms with Gasteiger partial charge in [0.1, 0.15) is 5.82 Å². The number of likely N-dealkylation sites (N-methyl/N-ethyl adjacent to an activating group) is 1. The van der Waals surface area contributed by atoms with E-state index in [9.17, 15) is 8.78 Å². The first-order valence-corrected chi connectivity index (χ1v) is 6.10. The molecule has 1 aliphatic rings. The maximum absolute atomic E-state index is 13.3. The van der Waals surface area contributed by atoms with Gasteiger partial charge in [0.25, 0.3) is 0 Å². The first-order valence-electron chi connectivity index (χ1n) is 6.10. The second-order valence-electron chi connectivity index (χ2n) is 5.17. The van der Waals surface area contributed by atoms with Gasteiger partial charge in [0.15, 0.2) is 5.82 Å². The standard InChI is InChI=1S/C13H19F2N3/c1-18(2)13(4-3-5-13)8-17-11-7-9(14)6-10(15)12(11)16/h6-7,17H,3-5,8,16H2,1-2H3. The first-order chi connectivity index (χ1) is 8.44. The maximum atomic E-state index is 13.3. The highest BCUT2D eigenvalue weighted by atomic mass is 19.1. The summed E-state index contributed by atoms with van der Waals surface area (Å²) < 4.78 is 26.4. The van der Waals surface area contributed by atoms with Gasteiger partial charge < -0.3 is 16.0 Å². The van der Waals surface area contributed by atoms with Gasteiger partial charge in [-0.05, 0) is 39.4 Å². The lowest BCUT2D eigenvalue weighted by Gasteiger charge is -2.47. The molecule has 0 unspecified atom stereocenters. The molecule has 2 rings (SSSR count). The minimum Gasteiger partial charge on any atom is -0.395 e. The fourth-order valence-electron chi connectivity index (χ4n) is 2.36. The molecule has 5 heteroatoms. The summed E-state index contributed by atoms with van der Waals surface area (Å²) in [5.41, 5.74) is 5.99. The van der Waals surface area contributed by atoms with Crippen LogP contribution in [0.3, 0.4) is 0 Å². The zero-order valence-electron chi connectivity index (χ0n) is 10.8. The molecular formula is C13H19F2N3. The van der Waals surface area contributed by atoms with Crippen molar-refractivity contribution in [2.45, 2.75) is 24.8 Å². The lowest BCUT2D eigenvalue weighted by Crippen LogP contribution is -2.54. The highest BCUT2D eigenvalue weighted by Crippen LogP contribution is 2.36. The highest BCUT2D eigenvalue weighted by Gasteiger charge is 2.38. The number of nitrogens with zero attached hydrogens (tertiary/aromatic N) is 1. The normalized spacial score (nSPS) is 17.6. The van der Waals surface area contributed by atoms with Crippen molar-refractivity contribution in [3.63, 3.8) is 0 Å². The monoisotopic (exact) mass is 255 g/mol. The Labute approximate surface area is 106 Å². The number of nitrogens with one attached hydrogen (secondary N) is 1. The molecule has 0 aromatic heterocycles. The summed E-state index contributed by atoms with van der Waals surface area (Å²) in [7, 11) is 4.05. The van der Waals surface area contributed by atoms with Crippen LogP contribution in [-0.4, -0.2) is 31.1 Å². The molecule has 0 saturated heterocycles. The number of benzene rings is 1. The van der Waals surface area contributed by atoms with E-state index in [1.807, 2.05) is 14.1 Å². The summed E-state index contributed by atoms with van der Waals surface area (Å²) in [6.07, 6.45) is 3.36. The van der Waals surface area contributed by atoms with E-state index in [1.165, 1.54) is 12.5 Å². The maximum Gasteiger partial charge on any atom is 0.151 e. The van der Waals surface area contributed by atoms with Gasteiger partial charge in [-0.2, -0.15) is 0 Å². The van der Waals surface area contributed by atoms with Crippen LogP contribution in [-0.2, 0) is 0 Å². The molecule has 1 aliphatic carbocycles. The molecule has 0 aliphatic heterocycles. The molecule has 3 N–H and O–H groups in total. The lowest BCUT2D eigenvalue weighted by atomic mass is 9.75. The Kier molecular flexibility index (Phi) is 3.43. The van der Waals surface area contributed by atoms with Gasteiger partial charge in [0.05, 0.1) is 11.4 Å². The topological polar surface area (TPSA) is 41.3 Å². The Morgan fingerprint density at radius 2 is 2.00 bits per heavy atom.